The van der Waals surface area contributed by atoms with Crippen LogP contribution in [0.2, 0.25) is 0 Å². The number of aromatic nitrogens is 2. The molecular weight excluding hydrogens is 228 g/mol. The predicted molar refractivity (Wildman–Crippen MR) is 66.5 cm³/mol. The minimum atomic E-state index is -0.400. The first-order chi connectivity index (χ1) is 8.75. The van der Waals surface area contributed by atoms with E-state index >= 15 is 0 Å². The van der Waals surface area contributed by atoms with E-state index < -0.39 is 5.76 Å². The highest BCUT2D eigenvalue weighted by Crippen LogP contribution is 2.14. The predicted octanol–water partition coefficient (Wildman–Crippen LogP) is 1.77. The molecule has 0 saturated carbocycles. The van der Waals surface area contributed by atoms with Gasteiger partial charge in [-0.25, -0.2) is 0 Å². The maximum Gasteiger partial charge on any atom is 0.608 e. The van der Waals surface area contributed by atoms with Crippen molar-refractivity contribution in [1.29, 1.82) is 0 Å². The molecule has 1 aromatic carbocycles. The Bertz CT molecular complexity index is 764. The molecule has 4 nitrogen and oxygen atoms in total. The van der Waals surface area contributed by atoms with Crippen molar-refractivity contribution in [3.63, 3.8) is 0 Å². The number of para-hydroxylation sites is 1. The van der Waals surface area contributed by atoms with Gasteiger partial charge in [0.25, 0.3) is 0 Å². The van der Waals surface area contributed by atoms with Crippen LogP contribution in [0.1, 0.15) is 5.56 Å². The molecular formula is C14H11N2O2+. The summed E-state index contributed by atoms with van der Waals surface area (Å²) in [5, 5.41) is 0.895. The van der Waals surface area contributed by atoms with E-state index in [0.29, 0.717) is 5.58 Å². The lowest BCUT2D eigenvalue weighted by molar-refractivity contribution is -0.623. The second-order valence-electron chi connectivity index (χ2n) is 4.07. The molecule has 4 heteroatoms. The Hall–Kier alpha value is -2.49. The second kappa shape index (κ2) is 4.07. The van der Waals surface area contributed by atoms with Crippen molar-refractivity contribution >= 4 is 11.0 Å². The topological polar surface area (TPSA) is 47.0 Å². The van der Waals surface area contributed by atoms with Gasteiger partial charge in [0.05, 0.1) is 5.39 Å². The number of aryl methyl sites for hydroxylation is 1. The molecule has 0 saturated heterocycles. The lowest BCUT2D eigenvalue weighted by Gasteiger charge is -1.98. The quantitative estimate of drug-likeness (QED) is 0.608. The van der Waals surface area contributed by atoms with Crippen LogP contribution in [0.3, 0.4) is 0 Å². The van der Waals surface area contributed by atoms with E-state index in [0.717, 1.165) is 16.6 Å². The monoisotopic (exact) mass is 239 g/mol. The largest absolute Gasteiger partial charge is 0.608 e. The minimum Gasteiger partial charge on any atom is -0.371 e. The van der Waals surface area contributed by atoms with Crippen LogP contribution in [0, 0.1) is 6.92 Å². The van der Waals surface area contributed by atoms with Gasteiger partial charge >= 0.3 is 5.76 Å². The molecule has 3 rings (SSSR count). The molecule has 2 aromatic heterocycles. The van der Waals surface area contributed by atoms with Crippen LogP contribution < -0.4 is 10.3 Å². The van der Waals surface area contributed by atoms with Crippen LogP contribution in [0.25, 0.3) is 16.7 Å². The summed E-state index contributed by atoms with van der Waals surface area (Å²) in [5.74, 6) is -0.400. The molecule has 18 heavy (non-hydrogen) atoms. The number of hydrogen-bond donors (Lipinski definition) is 0. The van der Waals surface area contributed by atoms with E-state index in [9.17, 15) is 4.79 Å². The van der Waals surface area contributed by atoms with Crippen molar-refractivity contribution in [2.45, 2.75) is 6.92 Å². The summed E-state index contributed by atoms with van der Waals surface area (Å²) in [6.07, 6.45) is 5.06. The third kappa shape index (κ3) is 1.68. The van der Waals surface area contributed by atoms with Gasteiger partial charge in [-0.3, -0.25) is 4.98 Å². The van der Waals surface area contributed by atoms with E-state index in [-0.39, 0.29) is 0 Å². The first kappa shape index (κ1) is 10.7. The first-order valence-electron chi connectivity index (χ1n) is 5.61. The van der Waals surface area contributed by atoms with Crippen molar-refractivity contribution in [3.05, 3.63) is 65.0 Å². The van der Waals surface area contributed by atoms with Crippen LogP contribution in [0.15, 0.2) is 58.1 Å². The standard InChI is InChI=1S/C14H11N2O2/c1-10-3-2-4-11-9-16(14(17)18-13(10)11)12-5-7-15-8-6-12/h2-9H,1H3/q+1. The summed E-state index contributed by atoms with van der Waals surface area (Å²) in [7, 11) is 0. The van der Waals surface area contributed by atoms with Crippen LogP contribution in [0.4, 0.5) is 0 Å². The molecule has 2 heterocycles. The van der Waals surface area contributed by atoms with Crippen LogP contribution in [-0.2, 0) is 0 Å². The zero-order valence-electron chi connectivity index (χ0n) is 9.83. The SMILES string of the molecule is Cc1cccc2c[n+](-c3ccncc3)c(=O)oc12. The average molecular weight is 239 g/mol. The number of fused-ring (bicyclic) bond motifs is 1. The van der Waals surface area contributed by atoms with Gasteiger partial charge < -0.3 is 4.42 Å². The van der Waals surface area contributed by atoms with Crippen molar-refractivity contribution < 1.29 is 8.98 Å². The van der Waals surface area contributed by atoms with Gasteiger partial charge in [0.1, 0.15) is 0 Å². The third-order valence-electron chi connectivity index (χ3n) is 2.84. The fourth-order valence-corrected chi connectivity index (χ4v) is 1.93. The van der Waals surface area contributed by atoms with Crippen LogP contribution in [-0.4, -0.2) is 4.98 Å². The summed E-state index contributed by atoms with van der Waals surface area (Å²) >= 11 is 0. The zero-order valence-corrected chi connectivity index (χ0v) is 9.83. The van der Waals surface area contributed by atoms with Crippen molar-refractivity contribution in [2.24, 2.45) is 0 Å². The average Bonchev–Trinajstić information content (AvgIpc) is 2.40. The van der Waals surface area contributed by atoms with Crippen LogP contribution in [0.5, 0.6) is 0 Å². The van der Waals surface area contributed by atoms with E-state index in [1.807, 2.05) is 25.1 Å². The van der Waals surface area contributed by atoms with E-state index in [1.165, 1.54) is 4.57 Å². The molecule has 0 fully saturated rings. The molecule has 0 N–H and O–H groups in total. The molecule has 0 atom stereocenters. The molecule has 0 unspecified atom stereocenters. The van der Waals surface area contributed by atoms with Gasteiger partial charge in [0.15, 0.2) is 11.8 Å². The fraction of sp³-hybridized carbons (Fsp3) is 0.0714. The smallest absolute Gasteiger partial charge is 0.371 e. The Morgan fingerprint density at radius 3 is 2.72 bits per heavy atom. The fourth-order valence-electron chi connectivity index (χ4n) is 1.93. The number of nitrogens with zero attached hydrogens (tertiary/aromatic N) is 2. The third-order valence-corrected chi connectivity index (χ3v) is 2.84. The Labute approximate surface area is 103 Å². The summed E-state index contributed by atoms with van der Waals surface area (Å²) in [6.45, 7) is 1.92. The second-order valence-corrected chi connectivity index (χ2v) is 4.07. The molecule has 0 amide bonds. The van der Waals surface area contributed by atoms with Gasteiger partial charge in [-0.1, -0.05) is 16.7 Å². The van der Waals surface area contributed by atoms with E-state index in [4.69, 9.17) is 4.42 Å². The molecule has 0 aliphatic heterocycles. The lowest BCUT2D eigenvalue weighted by atomic mass is 10.2. The summed E-state index contributed by atoms with van der Waals surface area (Å²) < 4.78 is 6.84. The van der Waals surface area contributed by atoms with E-state index in [1.54, 1.807) is 30.7 Å². The van der Waals surface area contributed by atoms with Crippen molar-refractivity contribution in [1.82, 2.24) is 4.98 Å². The molecule has 88 valence electrons. The van der Waals surface area contributed by atoms with Crippen LogP contribution >= 0.6 is 0 Å². The molecule has 0 aliphatic rings. The Morgan fingerprint density at radius 1 is 1.17 bits per heavy atom. The van der Waals surface area contributed by atoms with Gasteiger partial charge in [-0.15, -0.1) is 0 Å². The van der Waals surface area contributed by atoms with Gasteiger partial charge in [-0.05, 0) is 18.6 Å². The van der Waals surface area contributed by atoms with Crippen molar-refractivity contribution in [2.75, 3.05) is 0 Å². The number of pyridine rings is 1. The molecule has 0 radical (unpaired) electrons. The van der Waals surface area contributed by atoms with E-state index in [2.05, 4.69) is 4.98 Å². The Morgan fingerprint density at radius 2 is 1.94 bits per heavy atom. The summed E-state index contributed by atoms with van der Waals surface area (Å²) in [4.78, 5) is 15.9. The first-order valence-corrected chi connectivity index (χ1v) is 5.61. The highest BCUT2D eigenvalue weighted by Gasteiger charge is 2.15. The summed E-state index contributed by atoms with van der Waals surface area (Å²) in [5.41, 5.74) is 2.32. The van der Waals surface area contributed by atoms with Gasteiger partial charge in [0, 0.05) is 24.5 Å². The van der Waals surface area contributed by atoms with Crippen molar-refractivity contribution in [3.8, 4) is 5.69 Å². The summed E-state index contributed by atoms with van der Waals surface area (Å²) in [6, 6.07) is 9.30. The number of rotatable bonds is 1. The zero-order chi connectivity index (χ0) is 12.5. The molecule has 0 bridgehead atoms. The molecule has 3 aromatic rings. The van der Waals surface area contributed by atoms with Gasteiger partial charge in [-0.2, -0.15) is 4.79 Å². The maximum atomic E-state index is 12.0. The lowest BCUT2D eigenvalue weighted by Crippen LogP contribution is -2.46. The molecule has 0 aliphatic carbocycles. The normalized spacial score (nSPS) is 10.7. The highest BCUT2D eigenvalue weighted by molar-refractivity contribution is 5.77. The Balaban J connectivity index is 2.33. The number of hydrogen-bond acceptors (Lipinski definition) is 3. The molecule has 0 spiro atoms. The number of benzene rings is 1. The minimum absolute atomic E-state index is 0.400. The maximum absolute atomic E-state index is 12.0. The Kier molecular flexibility index (Phi) is 2.41. The van der Waals surface area contributed by atoms with Gasteiger partial charge in [0.2, 0.25) is 5.69 Å². The highest BCUT2D eigenvalue weighted by atomic mass is 16.4.